The largest absolute Gasteiger partial charge is 0.316 e. The number of hydrogen-bond donors (Lipinski definition) is 1. The van der Waals surface area contributed by atoms with Gasteiger partial charge in [-0.25, -0.2) is 0 Å². The second-order valence-corrected chi connectivity index (χ2v) is 6.99. The van der Waals surface area contributed by atoms with Gasteiger partial charge in [-0.3, -0.25) is 0 Å². The van der Waals surface area contributed by atoms with Crippen molar-refractivity contribution in [1.29, 1.82) is 0 Å². The Labute approximate surface area is 123 Å². The van der Waals surface area contributed by atoms with Crippen LogP contribution in [-0.4, -0.2) is 24.6 Å². The summed E-state index contributed by atoms with van der Waals surface area (Å²) in [5.41, 5.74) is 1.47. The second-order valence-electron chi connectivity index (χ2n) is 5.59. The van der Waals surface area contributed by atoms with Crippen molar-refractivity contribution in [3.8, 4) is 0 Å². The number of benzene rings is 1. The molecule has 0 aliphatic carbocycles. The first-order valence-corrected chi connectivity index (χ1v) is 8.70. The molecule has 1 atom stereocenters. The smallest absolute Gasteiger partial charge is 0.00169 e. The summed E-state index contributed by atoms with van der Waals surface area (Å²) in [6.07, 6.45) is 2.52. The van der Waals surface area contributed by atoms with E-state index in [9.17, 15) is 0 Å². The van der Waals surface area contributed by atoms with Crippen LogP contribution in [-0.2, 0) is 6.42 Å². The van der Waals surface area contributed by atoms with Crippen molar-refractivity contribution in [2.75, 3.05) is 24.6 Å². The molecule has 0 heterocycles. The summed E-state index contributed by atoms with van der Waals surface area (Å²) >= 11 is 2.06. The van der Waals surface area contributed by atoms with Gasteiger partial charge in [0, 0.05) is 0 Å². The van der Waals surface area contributed by atoms with Crippen molar-refractivity contribution in [3.05, 3.63) is 35.9 Å². The van der Waals surface area contributed by atoms with Crippen molar-refractivity contribution in [2.45, 2.75) is 33.6 Å². The van der Waals surface area contributed by atoms with Gasteiger partial charge in [0.2, 0.25) is 0 Å². The number of hydrogen-bond acceptors (Lipinski definition) is 2. The first-order valence-electron chi connectivity index (χ1n) is 7.54. The molecule has 0 bridgehead atoms. The van der Waals surface area contributed by atoms with E-state index >= 15 is 0 Å². The molecule has 0 aliphatic heterocycles. The fraction of sp³-hybridized carbons (Fsp3) is 0.647. The quantitative estimate of drug-likeness (QED) is 0.643. The molecule has 1 unspecified atom stereocenters. The van der Waals surface area contributed by atoms with Crippen LogP contribution in [0.1, 0.15) is 32.8 Å². The monoisotopic (exact) mass is 279 g/mol. The van der Waals surface area contributed by atoms with Crippen LogP contribution in [0.25, 0.3) is 0 Å². The zero-order valence-corrected chi connectivity index (χ0v) is 13.5. The third-order valence-electron chi connectivity index (χ3n) is 3.23. The van der Waals surface area contributed by atoms with Crippen molar-refractivity contribution < 1.29 is 0 Å². The van der Waals surface area contributed by atoms with Gasteiger partial charge in [-0.1, -0.05) is 51.1 Å². The summed E-state index contributed by atoms with van der Waals surface area (Å²) in [5, 5.41) is 3.62. The first-order chi connectivity index (χ1) is 9.22. The van der Waals surface area contributed by atoms with E-state index in [4.69, 9.17) is 0 Å². The molecule has 1 nitrogen and oxygen atoms in total. The lowest BCUT2D eigenvalue weighted by Crippen LogP contribution is -2.28. The molecular weight excluding hydrogens is 250 g/mol. The first kappa shape index (κ1) is 16.6. The van der Waals surface area contributed by atoms with Crippen LogP contribution in [0, 0.1) is 11.8 Å². The molecule has 0 aromatic heterocycles. The summed E-state index contributed by atoms with van der Waals surface area (Å²) in [6.45, 7) is 9.07. The summed E-state index contributed by atoms with van der Waals surface area (Å²) in [4.78, 5) is 0. The molecule has 0 saturated carbocycles. The fourth-order valence-corrected chi connectivity index (χ4v) is 2.98. The Morgan fingerprint density at radius 1 is 1.11 bits per heavy atom. The lowest BCUT2D eigenvalue weighted by Gasteiger charge is -2.18. The maximum absolute atomic E-state index is 3.62. The molecule has 0 spiro atoms. The SMILES string of the molecule is CCSCCC(CNCC(C)C)Cc1ccccc1. The zero-order chi connectivity index (χ0) is 13.9. The van der Waals surface area contributed by atoms with Crippen LogP contribution in [0.3, 0.4) is 0 Å². The molecule has 2 heteroatoms. The van der Waals surface area contributed by atoms with Gasteiger partial charge in [0.25, 0.3) is 0 Å². The highest BCUT2D eigenvalue weighted by Gasteiger charge is 2.09. The molecular formula is C17H29NS. The molecule has 0 fully saturated rings. The highest BCUT2D eigenvalue weighted by Crippen LogP contribution is 2.15. The molecule has 0 amide bonds. The lowest BCUT2D eigenvalue weighted by atomic mass is 9.96. The summed E-state index contributed by atoms with van der Waals surface area (Å²) in [7, 11) is 0. The normalized spacial score (nSPS) is 12.8. The van der Waals surface area contributed by atoms with E-state index in [0.29, 0.717) is 0 Å². The Morgan fingerprint density at radius 3 is 2.47 bits per heavy atom. The van der Waals surface area contributed by atoms with Gasteiger partial charge in [0.15, 0.2) is 0 Å². The highest BCUT2D eigenvalue weighted by atomic mass is 32.2. The van der Waals surface area contributed by atoms with Gasteiger partial charge in [-0.15, -0.1) is 0 Å². The number of rotatable bonds is 10. The van der Waals surface area contributed by atoms with Crippen LogP contribution in [0.4, 0.5) is 0 Å². The summed E-state index contributed by atoms with van der Waals surface area (Å²) < 4.78 is 0. The van der Waals surface area contributed by atoms with Crippen molar-refractivity contribution in [2.24, 2.45) is 11.8 Å². The third-order valence-corrected chi connectivity index (χ3v) is 4.16. The molecule has 1 N–H and O–H groups in total. The average molecular weight is 279 g/mol. The van der Waals surface area contributed by atoms with Gasteiger partial charge in [0.05, 0.1) is 0 Å². The van der Waals surface area contributed by atoms with Gasteiger partial charge < -0.3 is 5.32 Å². The molecule has 0 aliphatic rings. The minimum Gasteiger partial charge on any atom is -0.316 e. The van der Waals surface area contributed by atoms with Gasteiger partial charge >= 0.3 is 0 Å². The summed E-state index contributed by atoms with van der Waals surface area (Å²) in [5.74, 6) is 4.03. The molecule has 0 saturated heterocycles. The van der Waals surface area contributed by atoms with Gasteiger partial charge in [-0.2, -0.15) is 11.8 Å². The summed E-state index contributed by atoms with van der Waals surface area (Å²) in [6, 6.07) is 10.9. The second kappa shape index (κ2) is 10.3. The van der Waals surface area contributed by atoms with E-state index in [1.807, 2.05) is 0 Å². The molecule has 1 rings (SSSR count). The van der Waals surface area contributed by atoms with Crippen LogP contribution in [0.2, 0.25) is 0 Å². The fourth-order valence-electron chi connectivity index (χ4n) is 2.19. The molecule has 1 aromatic carbocycles. The van der Waals surface area contributed by atoms with E-state index in [0.717, 1.165) is 24.9 Å². The van der Waals surface area contributed by atoms with Crippen molar-refractivity contribution in [1.82, 2.24) is 5.32 Å². The minimum atomic E-state index is 0.738. The van der Waals surface area contributed by atoms with Gasteiger partial charge in [0.1, 0.15) is 0 Å². The van der Waals surface area contributed by atoms with Crippen molar-refractivity contribution in [3.63, 3.8) is 0 Å². The molecule has 0 radical (unpaired) electrons. The minimum absolute atomic E-state index is 0.738. The van der Waals surface area contributed by atoms with E-state index in [-0.39, 0.29) is 0 Å². The van der Waals surface area contributed by atoms with E-state index in [2.05, 4.69) is 68.2 Å². The van der Waals surface area contributed by atoms with E-state index in [1.54, 1.807) is 0 Å². The van der Waals surface area contributed by atoms with Crippen LogP contribution in [0.15, 0.2) is 30.3 Å². The lowest BCUT2D eigenvalue weighted by molar-refractivity contribution is 0.440. The van der Waals surface area contributed by atoms with Crippen LogP contribution >= 0.6 is 11.8 Å². The Morgan fingerprint density at radius 2 is 1.84 bits per heavy atom. The van der Waals surface area contributed by atoms with Crippen LogP contribution in [0.5, 0.6) is 0 Å². The Bertz CT molecular complexity index is 310. The Kier molecular flexibility index (Phi) is 9.02. The number of thioether (sulfide) groups is 1. The highest BCUT2D eigenvalue weighted by molar-refractivity contribution is 7.99. The zero-order valence-electron chi connectivity index (χ0n) is 12.7. The Hall–Kier alpha value is -0.470. The standard InChI is InChI=1S/C17H29NS/c1-4-19-11-10-17(14-18-13-15(2)3)12-16-8-6-5-7-9-16/h5-9,15,17-18H,4,10-14H2,1-3H3. The van der Waals surface area contributed by atoms with E-state index in [1.165, 1.54) is 29.9 Å². The predicted octanol–water partition coefficient (Wildman–Crippen LogP) is 4.23. The Balaban J connectivity index is 2.39. The molecule has 1 aromatic rings. The van der Waals surface area contributed by atoms with E-state index < -0.39 is 0 Å². The number of nitrogens with one attached hydrogen (secondary N) is 1. The van der Waals surface area contributed by atoms with Crippen LogP contribution < -0.4 is 5.32 Å². The maximum Gasteiger partial charge on any atom is -0.00169 e. The predicted molar refractivity (Wildman–Crippen MR) is 89.0 cm³/mol. The third kappa shape index (κ3) is 8.33. The average Bonchev–Trinajstić information content (AvgIpc) is 2.39. The van der Waals surface area contributed by atoms with Gasteiger partial charge in [-0.05, 0) is 54.8 Å². The molecule has 19 heavy (non-hydrogen) atoms. The maximum atomic E-state index is 3.62. The van der Waals surface area contributed by atoms with Crippen molar-refractivity contribution >= 4 is 11.8 Å². The molecule has 108 valence electrons. The topological polar surface area (TPSA) is 12.0 Å².